The highest BCUT2D eigenvalue weighted by Gasteiger charge is 2.63. The maximum absolute atomic E-state index is 12.7. The van der Waals surface area contributed by atoms with E-state index in [2.05, 4.69) is 27.6 Å². The van der Waals surface area contributed by atoms with Crippen molar-refractivity contribution >= 4 is 22.6 Å². The van der Waals surface area contributed by atoms with Gasteiger partial charge in [-0.3, -0.25) is 14.3 Å². The third-order valence-electron chi connectivity index (χ3n) is 5.14. The Labute approximate surface area is 181 Å². The summed E-state index contributed by atoms with van der Waals surface area (Å²) < 4.78 is 26.4. The molecule has 3 heterocycles. The molecular weight excluding hydrogens is 491 g/mol. The molecule has 0 bridgehead atoms. The van der Waals surface area contributed by atoms with Crippen molar-refractivity contribution in [1.29, 1.82) is 0 Å². The molecule has 1 aromatic heterocycles. The van der Waals surface area contributed by atoms with Crippen LogP contribution in [0, 0.1) is 6.92 Å². The first-order valence-electron chi connectivity index (χ1n) is 9.34. The lowest BCUT2D eigenvalue weighted by Crippen LogP contribution is -2.55. The Morgan fingerprint density at radius 3 is 2.59 bits per heavy atom. The summed E-state index contributed by atoms with van der Waals surface area (Å²) in [6, 6.07) is 9.74. The molecule has 2 aromatic rings. The van der Waals surface area contributed by atoms with Crippen LogP contribution in [0.25, 0.3) is 0 Å². The van der Waals surface area contributed by atoms with E-state index >= 15 is 0 Å². The summed E-state index contributed by atoms with van der Waals surface area (Å²) in [6.07, 6.45) is -0.345. The third kappa shape index (κ3) is 3.70. The predicted octanol–water partition coefficient (Wildman–Crippen LogP) is 2.03. The molecule has 4 atom stereocenters. The molecule has 2 aliphatic heterocycles. The Morgan fingerprint density at radius 1 is 1.17 bits per heavy atom. The van der Waals surface area contributed by atoms with E-state index in [1.807, 2.05) is 44.2 Å². The van der Waals surface area contributed by atoms with Crippen LogP contribution in [0.15, 0.2) is 46.1 Å². The number of benzene rings is 1. The van der Waals surface area contributed by atoms with Crippen molar-refractivity contribution in [3.8, 4) is 0 Å². The largest absolute Gasteiger partial charge is 0.366 e. The highest BCUT2D eigenvalue weighted by atomic mass is 127. The van der Waals surface area contributed by atoms with Crippen molar-refractivity contribution < 1.29 is 18.9 Å². The summed E-state index contributed by atoms with van der Waals surface area (Å²) in [7, 11) is 0. The zero-order valence-corrected chi connectivity index (χ0v) is 18.5. The van der Waals surface area contributed by atoms with Gasteiger partial charge < -0.3 is 18.9 Å². The molecule has 2 aliphatic rings. The zero-order chi connectivity index (χ0) is 20.8. The summed E-state index contributed by atoms with van der Waals surface area (Å²) in [5.74, 6) is -0.826. The monoisotopic (exact) mass is 514 g/mol. The topological polar surface area (TPSA) is 91.8 Å². The second kappa shape index (κ2) is 7.62. The summed E-state index contributed by atoms with van der Waals surface area (Å²) in [4.78, 5) is 26.9. The van der Waals surface area contributed by atoms with E-state index in [1.54, 1.807) is 6.92 Å². The normalized spacial score (nSPS) is 30.4. The van der Waals surface area contributed by atoms with E-state index in [1.165, 1.54) is 10.8 Å². The molecule has 9 heteroatoms. The van der Waals surface area contributed by atoms with Crippen LogP contribution in [0.2, 0.25) is 0 Å². The van der Waals surface area contributed by atoms with Crippen molar-refractivity contribution in [2.24, 2.45) is 0 Å². The number of alkyl halides is 1. The van der Waals surface area contributed by atoms with Crippen molar-refractivity contribution in [3.63, 3.8) is 0 Å². The van der Waals surface area contributed by atoms with Crippen LogP contribution in [-0.2, 0) is 31.3 Å². The van der Waals surface area contributed by atoms with Gasteiger partial charge in [-0.15, -0.1) is 0 Å². The Bertz CT molecular complexity index is 1000. The van der Waals surface area contributed by atoms with Crippen LogP contribution in [-0.4, -0.2) is 38.3 Å². The molecule has 8 nitrogen and oxygen atoms in total. The minimum atomic E-state index is -1.19. The Hall–Kier alpha value is -1.53. The number of hydrogen-bond acceptors (Lipinski definition) is 6. The fourth-order valence-corrected chi connectivity index (χ4v) is 4.76. The van der Waals surface area contributed by atoms with Gasteiger partial charge in [0.05, 0.1) is 11.0 Å². The fraction of sp³-hybridized carbons (Fsp3) is 0.500. The van der Waals surface area contributed by atoms with Gasteiger partial charge in [-0.05, 0) is 26.3 Å². The van der Waals surface area contributed by atoms with Crippen molar-refractivity contribution in [2.75, 3.05) is 4.43 Å². The fourth-order valence-electron chi connectivity index (χ4n) is 3.78. The molecular formula is C20H23IN2O6. The van der Waals surface area contributed by atoms with Crippen molar-refractivity contribution in [1.82, 2.24) is 9.55 Å². The zero-order valence-electron chi connectivity index (χ0n) is 16.4. The second-order valence-electron chi connectivity index (χ2n) is 7.72. The average Bonchev–Trinajstić information content (AvgIpc) is 3.13. The number of fused-ring (bicyclic) bond motifs is 1. The first kappa shape index (κ1) is 20.7. The number of nitrogens with zero attached hydrogens (tertiary/aromatic N) is 1. The van der Waals surface area contributed by atoms with Gasteiger partial charge in [0.2, 0.25) is 0 Å². The van der Waals surface area contributed by atoms with Crippen LogP contribution in [0.1, 0.15) is 25.0 Å². The van der Waals surface area contributed by atoms with Gasteiger partial charge in [0, 0.05) is 11.8 Å². The molecule has 2 fully saturated rings. The number of ether oxygens (including phenoxy) is 4. The molecule has 156 valence electrons. The van der Waals surface area contributed by atoms with Gasteiger partial charge in [0.1, 0.15) is 12.2 Å². The second-order valence-corrected chi connectivity index (χ2v) is 8.49. The molecule has 0 unspecified atom stereocenters. The van der Waals surface area contributed by atoms with Crippen LogP contribution in [0.4, 0.5) is 0 Å². The summed E-state index contributed by atoms with van der Waals surface area (Å²) in [6.45, 7) is 5.58. The number of aryl methyl sites for hydroxylation is 1. The van der Waals surface area contributed by atoms with E-state index in [0.717, 1.165) is 5.56 Å². The molecule has 0 saturated carbocycles. The van der Waals surface area contributed by atoms with Crippen molar-refractivity contribution in [2.45, 2.75) is 57.4 Å². The molecule has 0 radical (unpaired) electrons. The lowest BCUT2D eigenvalue weighted by molar-refractivity contribution is -0.261. The molecule has 0 amide bonds. The third-order valence-corrected chi connectivity index (χ3v) is 6.24. The molecule has 1 aromatic carbocycles. The highest BCUT2D eigenvalue weighted by molar-refractivity contribution is 14.1. The van der Waals surface area contributed by atoms with Crippen LogP contribution < -0.4 is 11.2 Å². The molecule has 0 aliphatic carbocycles. The molecule has 29 heavy (non-hydrogen) atoms. The lowest BCUT2D eigenvalue weighted by Gasteiger charge is -2.36. The standard InChI is InChI=1S/C20H23IN2O6/c1-12-9-23(18(25)22-16(12)24)20(11-21)15(26-10-13-7-5-4-6-8-13)14-17(29-20)28-19(2,3)27-14/h4-9,14-15,17H,10-11H2,1-3H3,(H,22,24,25)/t14-,15+,17+,20+/m1/s1. The summed E-state index contributed by atoms with van der Waals surface area (Å²) >= 11 is 2.15. The summed E-state index contributed by atoms with van der Waals surface area (Å²) in [5, 5.41) is 0. The summed E-state index contributed by atoms with van der Waals surface area (Å²) in [5.41, 5.74) is -0.791. The minimum absolute atomic E-state index is 0.317. The smallest absolute Gasteiger partial charge is 0.330 e. The Balaban J connectivity index is 1.76. The number of H-pyrrole nitrogens is 1. The first-order valence-corrected chi connectivity index (χ1v) is 10.9. The lowest BCUT2D eigenvalue weighted by atomic mass is 10.1. The first-order chi connectivity index (χ1) is 13.8. The van der Waals surface area contributed by atoms with E-state index in [4.69, 9.17) is 18.9 Å². The number of halogens is 1. The average molecular weight is 514 g/mol. The Morgan fingerprint density at radius 2 is 1.90 bits per heavy atom. The van der Waals surface area contributed by atoms with Gasteiger partial charge in [-0.1, -0.05) is 52.9 Å². The molecule has 1 N–H and O–H groups in total. The van der Waals surface area contributed by atoms with E-state index in [-0.39, 0.29) is 0 Å². The molecule has 4 rings (SSSR count). The van der Waals surface area contributed by atoms with Crippen LogP contribution in [0.5, 0.6) is 0 Å². The van der Waals surface area contributed by atoms with Crippen LogP contribution in [0.3, 0.4) is 0 Å². The minimum Gasteiger partial charge on any atom is -0.366 e. The van der Waals surface area contributed by atoms with Gasteiger partial charge in [0.25, 0.3) is 5.56 Å². The van der Waals surface area contributed by atoms with Crippen LogP contribution >= 0.6 is 22.6 Å². The molecule has 0 spiro atoms. The number of aromatic nitrogens is 2. The van der Waals surface area contributed by atoms with E-state index in [9.17, 15) is 9.59 Å². The maximum atomic E-state index is 12.7. The highest BCUT2D eigenvalue weighted by Crippen LogP contribution is 2.46. The van der Waals surface area contributed by atoms with Gasteiger partial charge in [0.15, 0.2) is 17.8 Å². The Kier molecular flexibility index (Phi) is 5.45. The number of nitrogens with one attached hydrogen (secondary N) is 1. The van der Waals surface area contributed by atoms with E-state index in [0.29, 0.717) is 16.6 Å². The number of rotatable bonds is 5. The number of aromatic amines is 1. The van der Waals surface area contributed by atoms with Gasteiger partial charge in [-0.25, -0.2) is 4.79 Å². The van der Waals surface area contributed by atoms with Crippen molar-refractivity contribution in [3.05, 3.63) is 68.5 Å². The maximum Gasteiger partial charge on any atom is 0.330 e. The number of hydrogen-bond donors (Lipinski definition) is 1. The van der Waals surface area contributed by atoms with E-state index < -0.39 is 41.3 Å². The SMILES string of the molecule is Cc1cn([C@@]2(CI)O[C@@H]3OC(C)(C)O[C@@H]3[C@@H]2OCc2ccccc2)c(=O)[nH]c1=O. The predicted molar refractivity (Wildman–Crippen MR) is 113 cm³/mol. The quantitative estimate of drug-likeness (QED) is 0.485. The van der Waals surface area contributed by atoms with Gasteiger partial charge >= 0.3 is 5.69 Å². The molecule has 2 saturated heterocycles. The van der Waals surface area contributed by atoms with Gasteiger partial charge in [-0.2, -0.15) is 0 Å².